The third-order valence-electron chi connectivity index (χ3n) is 3.18. The number of nitrogens with one attached hydrogen (secondary N) is 1. The Morgan fingerprint density at radius 2 is 1.95 bits per heavy atom. The molecule has 1 aliphatic rings. The molecular weight excluding hydrogens is 300 g/mol. The standard InChI is InChI=1S/C12H16N2O6S/c1-8(11(15)14-6-2-3-7-14)13-21(18,19)10-5-4-9(20-10)12(16)17/h4-5,8,13H,2-3,6-7H2,1H3,(H,16,17). The molecule has 0 bridgehead atoms. The molecule has 2 heterocycles. The van der Waals surface area contributed by atoms with Gasteiger partial charge in [-0.2, -0.15) is 4.72 Å². The molecule has 8 nitrogen and oxygen atoms in total. The topological polar surface area (TPSA) is 117 Å². The number of furan rings is 1. The van der Waals surface area contributed by atoms with Crippen LogP contribution in [0.3, 0.4) is 0 Å². The van der Waals surface area contributed by atoms with E-state index in [9.17, 15) is 18.0 Å². The zero-order valence-electron chi connectivity index (χ0n) is 11.4. The number of hydrogen-bond donors (Lipinski definition) is 2. The van der Waals surface area contributed by atoms with E-state index >= 15 is 0 Å². The number of carbonyl (C=O) groups is 2. The number of carboxylic acid groups (broad SMARTS) is 1. The molecule has 0 radical (unpaired) electrons. The van der Waals surface area contributed by atoms with Gasteiger partial charge < -0.3 is 14.4 Å². The first-order valence-electron chi connectivity index (χ1n) is 6.45. The Morgan fingerprint density at radius 1 is 1.33 bits per heavy atom. The number of carboxylic acids is 1. The summed E-state index contributed by atoms with van der Waals surface area (Å²) >= 11 is 0. The Bertz CT molecular complexity index is 644. The van der Waals surface area contributed by atoms with E-state index in [1.807, 2.05) is 0 Å². The fourth-order valence-corrected chi connectivity index (χ4v) is 3.26. The lowest BCUT2D eigenvalue weighted by molar-refractivity contribution is -0.131. The van der Waals surface area contributed by atoms with Crippen LogP contribution >= 0.6 is 0 Å². The lowest BCUT2D eigenvalue weighted by Crippen LogP contribution is -2.45. The Kier molecular flexibility index (Phi) is 4.33. The lowest BCUT2D eigenvalue weighted by Gasteiger charge is -2.20. The van der Waals surface area contributed by atoms with Crippen LogP contribution in [-0.4, -0.2) is 49.4 Å². The number of hydrogen-bond acceptors (Lipinski definition) is 5. The fourth-order valence-electron chi connectivity index (χ4n) is 2.13. The van der Waals surface area contributed by atoms with Crippen LogP contribution in [0.5, 0.6) is 0 Å². The average Bonchev–Trinajstić information content (AvgIpc) is 3.08. The summed E-state index contributed by atoms with van der Waals surface area (Å²) < 4.78 is 31.0. The van der Waals surface area contributed by atoms with Gasteiger partial charge in [0.05, 0.1) is 6.04 Å². The van der Waals surface area contributed by atoms with E-state index in [0.717, 1.165) is 25.0 Å². The predicted octanol–water partition coefficient (Wildman–Crippen LogP) is 0.267. The van der Waals surface area contributed by atoms with E-state index in [1.54, 1.807) is 4.90 Å². The molecule has 1 saturated heterocycles. The van der Waals surface area contributed by atoms with Gasteiger partial charge in [-0.1, -0.05) is 0 Å². The summed E-state index contributed by atoms with van der Waals surface area (Å²) in [7, 11) is -4.07. The van der Waals surface area contributed by atoms with Crippen molar-refractivity contribution in [2.45, 2.75) is 30.9 Å². The van der Waals surface area contributed by atoms with Crippen LogP contribution in [0.2, 0.25) is 0 Å². The van der Waals surface area contributed by atoms with Crippen LogP contribution in [-0.2, 0) is 14.8 Å². The van der Waals surface area contributed by atoms with Crippen LogP contribution in [0, 0.1) is 0 Å². The van der Waals surface area contributed by atoms with E-state index in [-0.39, 0.29) is 5.91 Å². The lowest BCUT2D eigenvalue weighted by atomic mass is 10.3. The maximum absolute atomic E-state index is 12.0. The van der Waals surface area contributed by atoms with Crippen molar-refractivity contribution in [2.24, 2.45) is 0 Å². The van der Waals surface area contributed by atoms with Gasteiger partial charge in [0, 0.05) is 13.1 Å². The molecule has 0 aromatic carbocycles. The van der Waals surface area contributed by atoms with E-state index in [0.29, 0.717) is 13.1 Å². The van der Waals surface area contributed by atoms with Crippen molar-refractivity contribution in [3.63, 3.8) is 0 Å². The summed E-state index contributed by atoms with van der Waals surface area (Å²) in [5.74, 6) is -2.15. The molecule has 0 saturated carbocycles. The van der Waals surface area contributed by atoms with E-state index < -0.39 is 32.9 Å². The molecule has 1 amide bonds. The van der Waals surface area contributed by atoms with Crippen molar-refractivity contribution in [3.8, 4) is 0 Å². The normalized spacial score (nSPS) is 16.9. The predicted molar refractivity (Wildman–Crippen MR) is 71.3 cm³/mol. The molecule has 0 aliphatic carbocycles. The Morgan fingerprint density at radius 3 is 2.48 bits per heavy atom. The SMILES string of the molecule is CC(NS(=O)(=O)c1ccc(C(=O)O)o1)C(=O)N1CCCC1. The van der Waals surface area contributed by atoms with Gasteiger partial charge in [-0.3, -0.25) is 4.79 Å². The molecule has 2 N–H and O–H groups in total. The molecule has 1 atom stereocenters. The van der Waals surface area contributed by atoms with Crippen molar-refractivity contribution in [1.29, 1.82) is 0 Å². The van der Waals surface area contributed by atoms with Gasteiger partial charge in [0.25, 0.3) is 10.0 Å². The number of likely N-dealkylation sites (tertiary alicyclic amines) is 1. The molecule has 9 heteroatoms. The second-order valence-electron chi connectivity index (χ2n) is 4.80. The first-order chi connectivity index (χ1) is 9.81. The van der Waals surface area contributed by atoms with Crippen molar-refractivity contribution >= 4 is 21.9 Å². The van der Waals surface area contributed by atoms with Gasteiger partial charge in [-0.15, -0.1) is 0 Å². The summed E-state index contributed by atoms with van der Waals surface area (Å²) in [6, 6.07) is 1.15. The number of aromatic carboxylic acids is 1. The minimum Gasteiger partial charge on any atom is -0.475 e. The molecule has 1 aliphatic heterocycles. The van der Waals surface area contributed by atoms with Crippen LogP contribution < -0.4 is 4.72 Å². The molecule has 0 spiro atoms. The second kappa shape index (κ2) is 5.86. The first-order valence-corrected chi connectivity index (χ1v) is 7.94. The van der Waals surface area contributed by atoms with Gasteiger partial charge in [0.15, 0.2) is 0 Å². The van der Waals surface area contributed by atoms with Crippen LogP contribution in [0.25, 0.3) is 0 Å². The first kappa shape index (κ1) is 15.5. The zero-order chi connectivity index (χ0) is 15.6. The van der Waals surface area contributed by atoms with Crippen molar-refractivity contribution in [2.75, 3.05) is 13.1 Å². The van der Waals surface area contributed by atoms with Gasteiger partial charge in [-0.25, -0.2) is 13.2 Å². The summed E-state index contributed by atoms with van der Waals surface area (Å²) in [5, 5.41) is 8.18. The maximum Gasteiger partial charge on any atom is 0.371 e. The highest BCUT2D eigenvalue weighted by Crippen LogP contribution is 2.15. The molecule has 1 unspecified atom stereocenters. The molecule has 2 rings (SSSR count). The maximum atomic E-state index is 12.0. The molecule has 1 aromatic rings. The molecular formula is C12H16N2O6S. The summed E-state index contributed by atoms with van der Waals surface area (Å²) in [5.41, 5.74) is 0. The number of carbonyl (C=O) groups excluding carboxylic acids is 1. The monoisotopic (exact) mass is 316 g/mol. The highest BCUT2D eigenvalue weighted by molar-refractivity contribution is 7.89. The Hall–Kier alpha value is -1.87. The molecule has 116 valence electrons. The van der Waals surface area contributed by atoms with Crippen molar-refractivity contribution in [1.82, 2.24) is 9.62 Å². The number of nitrogens with zero attached hydrogens (tertiary/aromatic N) is 1. The van der Waals surface area contributed by atoms with E-state index in [2.05, 4.69) is 4.72 Å². The molecule has 1 fully saturated rings. The summed E-state index contributed by atoms with van der Waals surface area (Å²) in [6.07, 6.45) is 1.82. The zero-order valence-corrected chi connectivity index (χ0v) is 12.2. The highest BCUT2D eigenvalue weighted by Gasteiger charge is 2.29. The summed E-state index contributed by atoms with van der Waals surface area (Å²) in [6.45, 7) is 2.68. The quantitative estimate of drug-likeness (QED) is 0.805. The van der Waals surface area contributed by atoms with Crippen LogP contribution in [0.4, 0.5) is 0 Å². The van der Waals surface area contributed by atoms with Gasteiger partial charge in [0.1, 0.15) is 0 Å². The van der Waals surface area contributed by atoms with E-state index in [1.165, 1.54) is 6.92 Å². The number of amides is 1. The largest absolute Gasteiger partial charge is 0.475 e. The second-order valence-corrected chi connectivity index (χ2v) is 6.44. The van der Waals surface area contributed by atoms with Gasteiger partial charge in [-0.05, 0) is 31.9 Å². The fraction of sp³-hybridized carbons (Fsp3) is 0.500. The smallest absolute Gasteiger partial charge is 0.371 e. The third-order valence-corrected chi connectivity index (χ3v) is 4.59. The minimum atomic E-state index is -4.07. The van der Waals surface area contributed by atoms with Gasteiger partial charge in [0.2, 0.25) is 16.8 Å². The Labute approximate surface area is 121 Å². The summed E-state index contributed by atoms with van der Waals surface area (Å²) in [4.78, 5) is 24.3. The number of sulfonamides is 1. The number of rotatable bonds is 5. The molecule has 1 aromatic heterocycles. The van der Waals surface area contributed by atoms with Gasteiger partial charge >= 0.3 is 5.97 Å². The average molecular weight is 316 g/mol. The molecule has 21 heavy (non-hydrogen) atoms. The van der Waals surface area contributed by atoms with Crippen LogP contribution in [0.1, 0.15) is 30.3 Å². The van der Waals surface area contributed by atoms with Crippen LogP contribution in [0.15, 0.2) is 21.6 Å². The Balaban J connectivity index is 2.08. The minimum absolute atomic E-state index is 0.305. The third kappa shape index (κ3) is 3.42. The highest BCUT2D eigenvalue weighted by atomic mass is 32.2. The van der Waals surface area contributed by atoms with Crippen molar-refractivity contribution in [3.05, 3.63) is 17.9 Å². The van der Waals surface area contributed by atoms with E-state index in [4.69, 9.17) is 9.52 Å². The van der Waals surface area contributed by atoms with Crippen molar-refractivity contribution < 1.29 is 27.5 Å².